The van der Waals surface area contributed by atoms with Crippen LogP contribution in [0.15, 0.2) is 48.9 Å². The second-order valence-electron chi connectivity index (χ2n) is 12.8. The number of carbonyl (C=O) groups is 4. The van der Waals surface area contributed by atoms with Gasteiger partial charge < -0.3 is 25.5 Å². The number of allylic oxidation sites excluding steroid dienone is 2. The van der Waals surface area contributed by atoms with Gasteiger partial charge in [-0.2, -0.15) is 0 Å². The molecule has 0 saturated carbocycles. The predicted molar refractivity (Wildman–Crippen MR) is 210 cm³/mol. The maximum Gasteiger partial charge on any atom is 0.286 e. The number of pyridine rings is 1. The average Bonchev–Trinajstić information content (AvgIpc) is 3.97. The highest BCUT2D eigenvalue weighted by atomic mass is 32.1. The van der Waals surface area contributed by atoms with Gasteiger partial charge in [-0.25, -0.2) is 24.9 Å². The lowest BCUT2D eigenvalue weighted by molar-refractivity contribution is 0.0358. The molecule has 1 aliphatic heterocycles. The molecule has 1 aromatic carbocycles. The number of primary amides is 2. The Bertz CT molecular complexity index is 2480. The summed E-state index contributed by atoms with van der Waals surface area (Å²) in [5.41, 5.74) is 13.3. The van der Waals surface area contributed by atoms with Crippen LogP contribution in [0.3, 0.4) is 0 Å². The number of anilines is 2. The van der Waals surface area contributed by atoms with Gasteiger partial charge in [0.15, 0.2) is 15.7 Å². The molecule has 6 aromatic rings. The first-order valence-electron chi connectivity index (χ1n) is 17.6. The summed E-state index contributed by atoms with van der Waals surface area (Å²) in [6, 6.07) is 4.65. The second kappa shape index (κ2) is 16.7. The van der Waals surface area contributed by atoms with Crippen molar-refractivity contribution in [1.82, 2.24) is 39.0 Å². The zero-order valence-electron chi connectivity index (χ0n) is 30.5. The van der Waals surface area contributed by atoms with Gasteiger partial charge in [-0.3, -0.25) is 39.3 Å². The van der Waals surface area contributed by atoms with E-state index in [9.17, 15) is 19.2 Å². The number of aryl methyl sites for hydroxylation is 2. The molecule has 7 rings (SSSR count). The molecule has 290 valence electrons. The smallest absolute Gasteiger partial charge is 0.286 e. The summed E-state index contributed by atoms with van der Waals surface area (Å²) in [6.45, 7) is 8.32. The van der Waals surface area contributed by atoms with Crippen molar-refractivity contribution in [1.29, 1.82) is 0 Å². The highest BCUT2D eigenvalue weighted by Crippen LogP contribution is 2.32. The maximum atomic E-state index is 13.3. The number of nitrogens with zero attached hydrogens (tertiary/aromatic N) is 8. The van der Waals surface area contributed by atoms with Gasteiger partial charge in [-0.15, -0.1) is 22.7 Å². The minimum absolute atomic E-state index is 0.166. The largest absolute Gasteiger partial charge is 0.491 e. The van der Waals surface area contributed by atoms with Gasteiger partial charge in [0.05, 0.1) is 30.9 Å². The van der Waals surface area contributed by atoms with Crippen LogP contribution in [0.2, 0.25) is 0 Å². The van der Waals surface area contributed by atoms with E-state index in [1.165, 1.54) is 34.9 Å². The molecule has 0 bridgehead atoms. The second-order valence-corrected chi connectivity index (χ2v) is 15.3. The van der Waals surface area contributed by atoms with Crippen molar-refractivity contribution in [2.75, 3.05) is 50.1 Å². The number of hydrogen-bond acceptors (Lipinski definition) is 14. The van der Waals surface area contributed by atoms with Crippen LogP contribution in [0.5, 0.6) is 5.75 Å². The number of nitrogens with one attached hydrogen (secondary N) is 2. The van der Waals surface area contributed by atoms with E-state index >= 15 is 0 Å². The Morgan fingerprint density at radius 3 is 2.00 bits per heavy atom. The molecule has 1 aliphatic rings. The lowest BCUT2D eigenvalue weighted by Crippen LogP contribution is -2.37. The van der Waals surface area contributed by atoms with Crippen LogP contribution in [0, 0.1) is 13.8 Å². The molecule has 0 aliphatic carbocycles. The third-order valence-corrected chi connectivity index (χ3v) is 10.6. The van der Waals surface area contributed by atoms with Crippen molar-refractivity contribution in [3.05, 3.63) is 79.8 Å². The number of nitrogens with two attached hydrogens (primary N) is 2. The van der Waals surface area contributed by atoms with Crippen LogP contribution < -0.4 is 26.8 Å². The summed E-state index contributed by atoms with van der Waals surface area (Å²) in [5.74, 6) is -1.46. The van der Waals surface area contributed by atoms with Gasteiger partial charge in [0.25, 0.3) is 11.8 Å². The quantitative estimate of drug-likeness (QED) is 0.0864. The lowest BCUT2D eigenvalue weighted by atomic mass is 10.1. The van der Waals surface area contributed by atoms with Crippen LogP contribution in [-0.4, -0.2) is 102 Å². The molecular weight excluding hydrogens is 761 g/mol. The summed E-state index contributed by atoms with van der Waals surface area (Å²) in [6.07, 6.45) is 8.96. The number of benzene rings is 1. The molecule has 0 atom stereocenters. The molecule has 4 amide bonds. The monoisotopic (exact) mass is 798 g/mol. The van der Waals surface area contributed by atoms with Crippen LogP contribution >= 0.6 is 22.7 Å². The molecular formula is C36H38N12O6S2. The van der Waals surface area contributed by atoms with Gasteiger partial charge in [0.2, 0.25) is 23.7 Å². The van der Waals surface area contributed by atoms with Crippen molar-refractivity contribution in [3.8, 4) is 5.75 Å². The van der Waals surface area contributed by atoms with Gasteiger partial charge in [0, 0.05) is 66.6 Å². The highest BCUT2D eigenvalue weighted by Gasteiger charge is 2.22. The normalized spacial score (nSPS) is 13.5. The molecule has 0 unspecified atom stereocenters. The first-order chi connectivity index (χ1) is 27.0. The van der Waals surface area contributed by atoms with E-state index in [1.807, 2.05) is 26.0 Å². The lowest BCUT2D eigenvalue weighted by Gasteiger charge is -2.26. The standard InChI is InChI=1S/C36H38N12O6S2/c1-20-17-40-33(55-20)31(51)44-35-42-24-14-22(28(37)49)16-26(54-11-5-6-46-9-12-53-13-10-46)27(24)47(35)7-3-4-8-48-30-25(15-23(19-39-30)29(38)50)43-36(48)45-32(52)34-41-18-21(2)56-34/h3-4,14-19H,5-13H2,1-2H3,(H2,37,49)(H2,38,50)(H,42,44,51)(H,43,45,52)/b4-3+. The number of fused-ring (bicyclic) bond motifs is 2. The number of hydrogen-bond donors (Lipinski definition) is 4. The number of imidazole rings is 2. The van der Waals surface area contributed by atoms with Gasteiger partial charge in [-0.1, -0.05) is 12.2 Å². The van der Waals surface area contributed by atoms with E-state index in [2.05, 4.69) is 35.5 Å². The van der Waals surface area contributed by atoms with Crippen molar-refractivity contribution in [3.63, 3.8) is 0 Å². The molecule has 20 heteroatoms. The number of carbonyl (C=O) groups excluding carboxylic acids is 4. The average molecular weight is 799 g/mol. The minimum atomic E-state index is -0.665. The first-order valence-corrected chi connectivity index (χ1v) is 19.2. The van der Waals surface area contributed by atoms with E-state index in [1.54, 1.807) is 33.7 Å². The van der Waals surface area contributed by atoms with Gasteiger partial charge in [-0.05, 0) is 38.5 Å². The number of amides is 4. The third-order valence-electron chi connectivity index (χ3n) is 8.77. The van der Waals surface area contributed by atoms with E-state index in [-0.39, 0.29) is 46.1 Å². The van der Waals surface area contributed by atoms with E-state index in [0.29, 0.717) is 47.8 Å². The highest BCUT2D eigenvalue weighted by molar-refractivity contribution is 7.13. The van der Waals surface area contributed by atoms with Crippen molar-refractivity contribution in [2.45, 2.75) is 33.4 Å². The van der Waals surface area contributed by atoms with Crippen LogP contribution in [0.4, 0.5) is 11.9 Å². The zero-order chi connectivity index (χ0) is 39.3. The molecule has 56 heavy (non-hydrogen) atoms. The molecule has 1 fully saturated rings. The van der Waals surface area contributed by atoms with E-state index in [0.717, 1.165) is 35.8 Å². The fourth-order valence-electron chi connectivity index (χ4n) is 6.05. The van der Waals surface area contributed by atoms with E-state index in [4.69, 9.17) is 25.9 Å². The summed E-state index contributed by atoms with van der Waals surface area (Å²) in [5, 5.41) is 6.21. The summed E-state index contributed by atoms with van der Waals surface area (Å²) in [7, 11) is 0. The number of rotatable bonds is 15. The fraction of sp³-hybridized carbons (Fsp3) is 0.306. The van der Waals surface area contributed by atoms with Crippen LogP contribution in [-0.2, 0) is 17.8 Å². The number of ether oxygens (including phenoxy) is 2. The SMILES string of the molecule is Cc1cnc(C(=O)Nc2nc3cc(C(N)=O)cnc3n2C/C=C/Cn2c(NC(=O)c3ncc(C)s3)nc3cc(C(N)=O)cc(OCCCN4CCOCC4)c32)s1. The third kappa shape index (κ3) is 8.57. The van der Waals surface area contributed by atoms with E-state index < -0.39 is 23.6 Å². The van der Waals surface area contributed by atoms with Crippen molar-refractivity contribution < 1.29 is 28.7 Å². The van der Waals surface area contributed by atoms with Gasteiger partial charge >= 0.3 is 0 Å². The van der Waals surface area contributed by atoms with Crippen LogP contribution in [0.1, 0.15) is 56.5 Å². The Kier molecular flexibility index (Phi) is 11.4. The molecule has 0 spiro atoms. The molecule has 6 N–H and O–H groups in total. The summed E-state index contributed by atoms with van der Waals surface area (Å²) >= 11 is 2.49. The Hall–Kier alpha value is -6.09. The Morgan fingerprint density at radius 2 is 1.39 bits per heavy atom. The number of thiazole rings is 2. The fourth-order valence-corrected chi connectivity index (χ4v) is 7.37. The Morgan fingerprint density at radius 1 is 0.804 bits per heavy atom. The Balaban J connectivity index is 1.20. The number of aromatic nitrogens is 7. The minimum Gasteiger partial charge on any atom is -0.491 e. The molecule has 5 aromatic heterocycles. The number of morpholine rings is 1. The molecule has 0 radical (unpaired) electrons. The summed E-state index contributed by atoms with van der Waals surface area (Å²) in [4.78, 5) is 76.9. The molecule has 1 saturated heterocycles. The van der Waals surface area contributed by atoms with Crippen molar-refractivity contribution >= 4 is 80.4 Å². The topological polar surface area (TPSA) is 240 Å². The Labute approximate surface area is 327 Å². The van der Waals surface area contributed by atoms with Crippen LogP contribution in [0.25, 0.3) is 22.2 Å². The molecule has 18 nitrogen and oxygen atoms in total. The first kappa shape index (κ1) is 38.2. The summed E-state index contributed by atoms with van der Waals surface area (Å²) < 4.78 is 15.2. The molecule has 6 heterocycles. The van der Waals surface area contributed by atoms with Gasteiger partial charge in [0.1, 0.15) is 16.8 Å². The predicted octanol–water partition coefficient (Wildman–Crippen LogP) is 3.37. The van der Waals surface area contributed by atoms with Crippen molar-refractivity contribution in [2.24, 2.45) is 11.5 Å². The maximum absolute atomic E-state index is 13.3. The zero-order valence-corrected chi connectivity index (χ0v) is 32.1.